The SMILES string of the molecule is C=CCN1C(=O)/C(=C2\C(=O)N(CC=C)c3ccc(Br)cc32)SC1=S. The van der Waals surface area contributed by atoms with Crippen molar-refractivity contribution in [1.29, 1.82) is 0 Å². The number of carbonyl (C=O) groups is 2. The summed E-state index contributed by atoms with van der Waals surface area (Å²) in [6, 6.07) is 5.58. The average Bonchev–Trinajstić information content (AvgIpc) is 2.96. The van der Waals surface area contributed by atoms with E-state index in [9.17, 15) is 9.59 Å². The van der Waals surface area contributed by atoms with Crippen LogP contribution in [-0.4, -0.2) is 34.1 Å². The van der Waals surface area contributed by atoms with Gasteiger partial charge in [-0.15, -0.1) is 13.2 Å². The van der Waals surface area contributed by atoms with Gasteiger partial charge in [0.2, 0.25) is 0 Å². The Balaban J connectivity index is 2.18. The van der Waals surface area contributed by atoms with E-state index < -0.39 is 0 Å². The zero-order valence-corrected chi connectivity index (χ0v) is 15.8. The molecule has 1 aromatic carbocycles. The first kappa shape index (κ1) is 17.1. The van der Waals surface area contributed by atoms with E-state index in [2.05, 4.69) is 29.1 Å². The van der Waals surface area contributed by atoms with Gasteiger partial charge in [0.05, 0.1) is 16.2 Å². The Morgan fingerprint density at radius 2 is 1.79 bits per heavy atom. The van der Waals surface area contributed by atoms with E-state index >= 15 is 0 Å². The highest BCUT2D eigenvalue weighted by molar-refractivity contribution is 9.10. The number of amides is 2. The van der Waals surface area contributed by atoms with Gasteiger partial charge in [-0.25, -0.2) is 0 Å². The number of anilines is 1. The molecular weight excluding hydrogens is 408 g/mol. The number of halogens is 1. The molecule has 4 nitrogen and oxygen atoms in total. The van der Waals surface area contributed by atoms with Crippen molar-refractivity contribution in [2.24, 2.45) is 0 Å². The molecule has 0 N–H and O–H groups in total. The molecule has 0 atom stereocenters. The van der Waals surface area contributed by atoms with E-state index in [-0.39, 0.29) is 11.8 Å². The third kappa shape index (κ3) is 2.66. The number of benzene rings is 1. The quantitative estimate of drug-likeness (QED) is 0.422. The predicted octanol–water partition coefficient (Wildman–Crippen LogP) is 3.74. The number of nitrogens with zero attached hydrogens (tertiary/aromatic N) is 2. The van der Waals surface area contributed by atoms with Crippen LogP contribution in [0.1, 0.15) is 5.56 Å². The Kier molecular flexibility index (Phi) is 4.76. The zero-order valence-electron chi connectivity index (χ0n) is 12.6. The molecule has 2 heterocycles. The highest BCUT2D eigenvalue weighted by Crippen LogP contribution is 2.45. The van der Waals surface area contributed by atoms with E-state index in [1.807, 2.05) is 18.2 Å². The highest BCUT2D eigenvalue weighted by atomic mass is 79.9. The molecule has 0 aliphatic carbocycles. The Bertz CT molecular complexity index is 832. The summed E-state index contributed by atoms with van der Waals surface area (Å²) in [6.45, 7) is 8.06. The van der Waals surface area contributed by atoms with Crippen LogP contribution in [0, 0.1) is 0 Å². The van der Waals surface area contributed by atoms with E-state index in [1.54, 1.807) is 17.1 Å². The van der Waals surface area contributed by atoms with Crippen molar-refractivity contribution in [3.05, 3.63) is 58.5 Å². The second-order valence-electron chi connectivity index (χ2n) is 5.14. The van der Waals surface area contributed by atoms with Crippen molar-refractivity contribution in [3.63, 3.8) is 0 Å². The molecule has 0 saturated carbocycles. The first-order valence-electron chi connectivity index (χ1n) is 7.11. The molecule has 1 fully saturated rings. The van der Waals surface area contributed by atoms with Gasteiger partial charge in [-0.3, -0.25) is 14.5 Å². The van der Waals surface area contributed by atoms with E-state index in [0.29, 0.717) is 27.9 Å². The fraction of sp³-hybridized carbons (Fsp3) is 0.118. The van der Waals surface area contributed by atoms with Crippen molar-refractivity contribution in [2.75, 3.05) is 18.0 Å². The van der Waals surface area contributed by atoms with Crippen molar-refractivity contribution in [1.82, 2.24) is 4.90 Å². The molecule has 0 radical (unpaired) electrons. The minimum Gasteiger partial charge on any atom is -0.304 e. The zero-order chi connectivity index (χ0) is 17.4. The molecule has 122 valence electrons. The number of carbonyl (C=O) groups excluding carboxylic acids is 2. The fourth-order valence-electron chi connectivity index (χ4n) is 2.67. The lowest BCUT2D eigenvalue weighted by Crippen LogP contribution is -2.29. The number of fused-ring (bicyclic) bond motifs is 1. The van der Waals surface area contributed by atoms with Gasteiger partial charge in [0.15, 0.2) is 0 Å². The molecule has 24 heavy (non-hydrogen) atoms. The van der Waals surface area contributed by atoms with Gasteiger partial charge in [-0.1, -0.05) is 52.1 Å². The van der Waals surface area contributed by atoms with Crippen LogP contribution in [0.5, 0.6) is 0 Å². The molecule has 2 amide bonds. The van der Waals surface area contributed by atoms with Crippen molar-refractivity contribution in [3.8, 4) is 0 Å². The Labute approximate surface area is 158 Å². The highest BCUT2D eigenvalue weighted by Gasteiger charge is 2.41. The fourth-order valence-corrected chi connectivity index (χ4v) is 4.38. The predicted molar refractivity (Wildman–Crippen MR) is 106 cm³/mol. The first-order chi connectivity index (χ1) is 11.5. The van der Waals surface area contributed by atoms with Crippen LogP contribution >= 0.6 is 39.9 Å². The van der Waals surface area contributed by atoms with E-state index in [0.717, 1.165) is 27.5 Å². The largest absolute Gasteiger partial charge is 0.304 e. The summed E-state index contributed by atoms with van der Waals surface area (Å²) in [4.78, 5) is 29.1. The van der Waals surface area contributed by atoms with Gasteiger partial charge in [-0.05, 0) is 18.2 Å². The summed E-state index contributed by atoms with van der Waals surface area (Å²) in [7, 11) is 0. The Hall–Kier alpha value is -1.70. The molecule has 0 unspecified atom stereocenters. The molecule has 0 spiro atoms. The second kappa shape index (κ2) is 6.66. The molecule has 7 heteroatoms. The molecular formula is C17H13BrN2O2S2. The normalized spacial score (nSPS) is 20.0. The molecule has 2 aliphatic heterocycles. The third-order valence-corrected chi connectivity index (χ3v) is 5.62. The van der Waals surface area contributed by atoms with Crippen LogP contribution in [0.4, 0.5) is 5.69 Å². The summed E-state index contributed by atoms with van der Waals surface area (Å²) < 4.78 is 1.28. The summed E-state index contributed by atoms with van der Waals surface area (Å²) in [5.74, 6) is -0.457. The van der Waals surface area contributed by atoms with Crippen molar-refractivity contribution in [2.45, 2.75) is 0 Å². The maximum atomic E-state index is 12.9. The maximum absolute atomic E-state index is 12.9. The third-order valence-electron chi connectivity index (χ3n) is 3.68. The van der Waals surface area contributed by atoms with Gasteiger partial charge in [-0.2, -0.15) is 0 Å². The van der Waals surface area contributed by atoms with Crippen molar-refractivity contribution >= 4 is 67.3 Å². The number of rotatable bonds is 4. The lowest BCUT2D eigenvalue weighted by molar-refractivity contribution is -0.122. The average molecular weight is 421 g/mol. The topological polar surface area (TPSA) is 40.6 Å². The molecule has 2 aliphatic rings. The van der Waals surface area contributed by atoms with Crippen molar-refractivity contribution < 1.29 is 9.59 Å². The van der Waals surface area contributed by atoms with Crippen LogP contribution in [0.25, 0.3) is 5.57 Å². The number of thioether (sulfide) groups is 1. The van der Waals surface area contributed by atoms with Gasteiger partial charge in [0.25, 0.3) is 11.8 Å². The number of hydrogen-bond donors (Lipinski definition) is 0. The molecule has 1 aromatic rings. The molecule has 3 rings (SSSR count). The lowest BCUT2D eigenvalue weighted by Gasteiger charge is -2.14. The van der Waals surface area contributed by atoms with Gasteiger partial charge >= 0.3 is 0 Å². The minimum absolute atomic E-state index is 0.206. The minimum atomic E-state index is -0.250. The summed E-state index contributed by atoms with van der Waals surface area (Å²) in [6.07, 6.45) is 3.28. The Morgan fingerprint density at radius 3 is 2.46 bits per heavy atom. The second-order valence-corrected chi connectivity index (χ2v) is 7.70. The van der Waals surface area contributed by atoms with Crippen LogP contribution in [0.3, 0.4) is 0 Å². The molecule has 0 bridgehead atoms. The maximum Gasteiger partial charge on any atom is 0.267 e. The van der Waals surface area contributed by atoms with Crippen LogP contribution in [0.15, 0.2) is 52.9 Å². The van der Waals surface area contributed by atoms with E-state index in [4.69, 9.17) is 12.2 Å². The first-order valence-corrected chi connectivity index (χ1v) is 9.13. The molecule has 0 aromatic heterocycles. The summed E-state index contributed by atoms with van der Waals surface area (Å²) >= 11 is 9.87. The summed E-state index contributed by atoms with van der Waals surface area (Å²) in [5.41, 5.74) is 1.90. The monoisotopic (exact) mass is 420 g/mol. The van der Waals surface area contributed by atoms with E-state index in [1.165, 1.54) is 4.90 Å². The number of thiocarbonyl (C=S) groups is 1. The lowest BCUT2D eigenvalue weighted by atomic mass is 10.1. The number of hydrogen-bond acceptors (Lipinski definition) is 4. The van der Waals surface area contributed by atoms with Crippen LogP contribution in [-0.2, 0) is 9.59 Å². The standard InChI is InChI=1S/C17H13BrN2O2S2/c1-3-7-19-12-6-5-10(18)9-11(12)13(15(19)21)14-16(22)20(8-4-2)17(23)24-14/h3-6,9H,1-2,7-8H2/b14-13+. The van der Waals surface area contributed by atoms with Crippen LogP contribution < -0.4 is 4.90 Å². The van der Waals surface area contributed by atoms with Gasteiger partial charge in [0.1, 0.15) is 4.32 Å². The summed E-state index contributed by atoms with van der Waals surface area (Å²) in [5, 5.41) is 0. The van der Waals surface area contributed by atoms with Gasteiger partial charge in [0, 0.05) is 23.1 Å². The van der Waals surface area contributed by atoms with Crippen LogP contribution in [0.2, 0.25) is 0 Å². The Morgan fingerprint density at radius 1 is 1.12 bits per heavy atom. The van der Waals surface area contributed by atoms with Gasteiger partial charge < -0.3 is 4.90 Å². The molecule has 1 saturated heterocycles. The smallest absolute Gasteiger partial charge is 0.267 e.